The van der Waals surface area contributed by atoms with Gasteiger partial charge in [-0.2, -0.15) is 5.26 Å². The maximum atomic E-state index is 13.6. The molecule has 1 aliphatic rings. The van der Waals surface area contributed by atoms with Crippen molar-refractivity contribution in [3.05, 3.63) is 58.6 Å². The molecule has 4 rings (SSSR count). The van der Waals surface area contributed by atoms with E-state index in [1.807, 2.05) is 36.4 Å². The molecule has 1 N–H and O–H groups in total. The quantitative estimate of drug-likeness (QED) is 0.388. The number of oxazole rings is 1. The summed E-state index contributed by atoms with van der Waals surface area (Å²) in [5, 5.41) is 11.6. The number of nitriles is 1. The smallest absolute Gasteiger partial charge is 0.442 e. The highest BCUT2D eigenvalue weighted by molar-refractivity contribution is 7.93. The number of nitrogens with zero attached hydrogens (tertiary/aromatic N) is 4. The predicted molar refractivity (Wildman–Crippen MR) is 182 cm³/mol. The molecule has 0 bridgehead atoms. The molecule has 1 aliphatic heterocycles. The van der Waals surface area contributed by atoms with Gasteiger partial charge >= 0.3 is 17.9 Å². The Kier molecular flexibility index (Phi) is 10.9. The Morgan fingerprint density at radius 3 is 2.29 bits per heavy atom. The summed E-state index contributed by atoms with van der Waals surface area (Å²) in [7, 11) is -1.69. The summed E-state index contributed by atoms with van der Waals surface area (Å²) >= 11 is 0. The van der Waals surface area contributed by atoms with Gasteiger partial charge in [-0.1, -0.05) is 30.3 Å². The number of hydrogen-bond acceptors (Lipinski definition) is 10. The Labute approximate surface area is 285 Å². The topological polar surface area (TPSA) is 183 Å². The highest BCUT2D eigenvalue weighted by Gasteiger charge is 2.37. The van der Waals surface area contributed by atoms with Crippen molar-refractivity contribution in [3.63, 3.8) is 0 Å². The first-order valence-electron chi connectivity index (χ1n) is 15.7. The molecule has 264 valence electrons. The molecule has 4 atom stereocenters. The molecule has 0 aliphatic carbocycles. The van der Waals surface area contributed by atoms with Crippen LogP contribution in [-0.4, -0.2) is 86.3 Å². The Balaban J connectivity index is 1.48. The predicted octanol–water partition coefficient (Wildman–Crippen LogP) is 4.39. The Hall–Kier alpha value is -4.68. The standard InChI is InChI=1S/C34H43N5O9S/c1-33(2,3)47-30(41)37-49(8,44)25-18-39(32(43)48-34(4,5)6)19-28(45-20-25)29(40)36-24(17-35)15-21-9-11-22(12-10-21)23-13-14-27-26(16-23)38(7)31(42)46-27/h9-14,16,24-25,28H,15,18-20H2,1-8H3,(H,36,40)/t24-,25?,28-,49?/m0/s1. The number of ether oxygens (including phenoxy) is 3. The lowest BCUT2D eigenvalue weighted by Crippen LogP contribution is -2.49. The van der Waals surface area contributed by atoms with Crippen molar-refractivity contribution < 1.29 is 37.2 Å². The summed E-state index contributed by atoms with van der Waals surface area (Å²) in [5.74, 6) is -1.10. The molecule has 2 heterocycles. The highest BCUT2D eigenvalue weighted by Crippen LogP contribution is 2.25. The van der Waals surface area contributed by atoms with E-state index < -0.39 is 62.2 Å². The minimum absolute atomic E-state index is 0.168. The third-order valence-corrected chi connectivity index (χ3v) is 9.53. The lowest BCUT2D eigenvalue weighted by molar-refractivity contribution is -0.133. The second kappa shape index (κ2) is 14.4. The molecule has 49 heavy (non-hydrogen) atoms. The van der Waals surface area contributed by atoms with E-state index in [-0.39, 0.29) is 26.1 Å². The number of benzene rings is 2. The third kappa shape index (κ3) is 9.93. The van der Waals surface area contributed by atoms with Crippen LogP contribution < -0.4 is 11.1 Å². The maximum absolute atomic E-state index is 13.6. The average molecular weight is 698 g/mol. The van der Waals surface area contributed by atoms with E-state index in [1.165, 1.54) is 15.7 Å². The number of hydrogen-bond donors (Lipinski definition) is 1. The first-order valence-corrected chi connectivity index (χ1v) is 17.7. The molecule has 3 amide bonds. The van der Waals surface area contributed by atoms with Crippen LogP contribution in [-0.2, 0) is 42.2 Å². The molecule has 15 heteroatoms. The van der Waals surface area contributed by atoms with Crippen LogP contribution in [0.3, 0.4) is 0 Å². The van der Waals surface area contributed by atoms with Crippen molar-refractivity contribution in [2.45, 2.75) is 76.6 Å². The Morgan fingerprint density at radius 2 is 1.67 bits per heavy atom. The van der Waals surface area contributed by atoms with Gasteiger partial charge in [-0.3, -0.25) is 9.36 Å². The molecule has 0 radical (unpaired) electrons. The van der Waals surface area contributed by atoms with E-state index in [4.69, 9.17) is 18.6 Å². The lowest BCUT2D eigenvalue weighted by Gasteiger charge is -2.29. The number of aryl methyl sites for hydroxylation is 1. The van der Waals surface area contributed by atoms with Crippen molar-refractivity contribution in [3.8, 4) is 17.2 Å². The normalized spacial score (nSPS) is 18.8. The first-order chi connectivity index (χ1) is 22.7. The number of rotatable bonds is 6. The van der Waals surface area contributed by atoms with E-state index in [2.05, 4.69) is 15.7 Å². The number of nitrogens with one attached hydrogen (secondary N) is 1. The van der Waals surface area contributed by atoms with Crippen LogP contribution in [0.2, 0.25) is 0 Å². The van der Waals surface area contributed by atoms with Gasteiger partial charge in [-0.05, 0) is 70.4 Å². The number of carbonyl (C=O) groups is 3. The first kappa shape index (κ1) is 37.1. The van der Waals surface area contributed by atoms with Gasteiger partial charge in [0.1, 0.15) is 17.2 Å². The van der Waals surface area contributed by atoms with Crippen LogP contribution in [0.5, 0.6) is 0 Å². The van der Waals surface area contributed by atoms with Crippen molar-refractivity contribution in [2.24, 2.45) is 11.4 Å². The molecule has 1 fully saturated rings. The Morgan fingerprint density at radius 1 is 1.04 bits per heavy atom. The minimum atomic E-state index is -3.32. The molecule has 2 aromatic carbocycles. The Bertz CT molecular complexity index is 1940. The van der Waals surface area contributed by atoms with E-state index in [9.17, 15) is 28.6 Å². The summed E-state index contributed by atoms with van der Waals surface area (Å²) in [6.07, 6.45) is -1.56. The summed E-state index contributed by atoms with van der Waals surface area (Å²) in [4.78, 5) is 52.1. The van der Waals surface area contributed by atoms with Crippen molar-refractivity contribution in [1.82, 2.24) is 14.8 Å². The van der Waals surface area contributed by atoms with Crippen LogP contribution in [0.1, 0.15) is 47.1 Å². The summed E-state index contributed by atoms with van der Waals surface area (Å²) in [6.45, 7) is 9.33. The molecule has 14 nitrogen and oxygen atoms in total. The molecule has 1 aromatic heterocycles. The van der Waals surface area contributed by atoms with Gasteiger partial charge in [0.15, 0.2) is 11.7 Å². The SMILES string of the molecule is Cn1c(=O)oc2ccc(-c3ccc(C[C@@H](C#N)NC(=O)[C@@H]4CN(C(=O)OC(C)(C)C)CC(S(C)(=O)=NC(=O)OC(C)(C)C)CO4)cc3)cc21. The summed E-state index contributed by atoms with van der Waals surface area (Å²) < 4.78 is 40.7. The second-order valence-corrected chi connectivity index (χ2v) is 16.5. The number of aromatic nitrogens is 1. The molecule has 1 saturated heterocycles. The molecular weight excluding hydrogens is 654 g/mol. The van der Waals surface area contributed by atoms with Crippen LogP contribution in [0, 0.1) is 11.3 Å². The van der Waals surface area contributed by atoms with E-state index in [0.717, 1.165) is 16.7 Å². The maximum Gasteiger partial charge on any atom is 0.442 e. The van der Waals surface area contributed by atoms with Crippen molar-refractivity contribution in [2.75, 3.05) is 26.0 Å². The second-order valence-electron chi connectivity index (χ2n) is 14.0. The van der Waals surface area contributed by atoms with E-state index in [1.54, 1.807) is 54.7 Å². The molecule has 0 spiro atoms. The number of carbonyl (C=O) groups excluding carboxylic acids is 3. The fraction of sp³-hybridized carbons (Fsp3) is 0.500. The molecule has 3 aromatic rings. The largest absolute Gasteiger partial charge is 0.444 e. The van der Waals surface area contributed by atoms with E-state index in [0.29, 0.717) is 11.1 Å². The van der Waals surface area contributed by atoms with Crippen molar-refractivity contribution >= 4 is 38.9 Å². The van der Waals surface area contributed by atoms with Gasteiger partial charge in [-0.15, -0.1) is 4.36 Å². The van der Waals surface area contributed by atoms with Gasteiger partial charge < -0.3 is 28.8 Å². The highest BCUT2D eigenvalue weighted by atomic mass is 32.2. The molecule has 2 unspecified atom stereocenters. The zero-order valence-electron chi connectivity index (χ0n) is 29.0. The van der Waals surface area contributed by atoms with Crippen molar-refractivity contribution in [1.29, 1.82) is 5.26 Å². The fourth-order valence-electron chi connectivity index (χ4n) is 5.02. The van der Waals surface area contributed by atoms with Gasteiger partial charge in [0.2, 0.25) is 0 Å². The van der Waals surface area contributed by atoms with Crippen LogP contribution in [0.25, 0.3) is 22.2 Å². The monoisotopic (exact) mass is 697 g/mol. The lowest BCUT2D eigenvalue weighted by atomic mass is 10.0. The fourth-order valence-corrected chi connectivity index (χ4v) is 6.29. The minimum Gasteiger partial charge on any atom is -0.444 e. The van der Waals surface area contributed by atoms with Crippen LogP contribution >= 0.6 is 0 Å². The zero-order chi connectivity index (χ0) is 36.3. The van der Waals surface area contributed by atoms with Gasteiger partial charge in [0.25, 0.3) is 5.91 Å². The van der Waals surface area contributed by atoms with Gasteiger partial charge in [-0.25, -0.2) is 18.6 Å². The van der Waals surface area contributed by atoms with E-state index >= 15 is 0 Å². The number of amides is 3. The summed E-state index contributed by atoms with van der Waals surface area (Å²) in [5.41, 5.74) is 1.95. The molecule has 0 saturated carbocycles. The van der Waals surface area contributed by atoms with Gasteiger partial charge in [0, 0.05) is 26.3 Å². The number of fused-ring (bicyclic) bond motifs is 1. The van der Waals surface area contributed by atoms with Gasteiger partial charge in [0.05, 0.1) is 39.7 Å². The third-order valence-electron chi connectivity index (χ3n) is 7.50. The molecular formula is C34H43N5O9S. The zero-order valence-corrected chi connectivity index (χ0v) is 29.8. The summed E-state index contributed by atoms with van der Waals surface area (Å²) in [6, 6.07) is 14.0. The van der Waals surface area contributed by atoms with Crippen LogP contribution in [0.4, 0.5) is 9.59 Å². The van der Waals surface area contributed by atoms with Crippen LogP contribution in [0.15, 0.2) is 56.0 Å². The average Bonchev–Trinajstić information content (AvgIpc) is 3.14.